The highest BCUT2D eigenvalue weighted by Gasteiger charge is 2.22. The van der Waals surface area contributed by atoms with E-state index in [-0.39, 0.29) is 18.1 Å². The molecule has 0 fully saturated rings. The van der Waals surface area contributed by atoms with Gasteiger partial charge in [0.15, 0.2) is 0 Å². The second-order valence-corrected chi connectivity index (χ2v) is 10.9. The molecular weight excluding hydrogens is 446 g/mol. The van der Waals surface area contributed by atoms with Gasteiger partial charge in [-0.3, -0.25) is 9.98 Å². The zero-order valence-electron chi connectivity index (χ0n) is 26.1. The molecule has 1 aromatic heterocycles. The summed E-state index contributed by atoms with van der Waals surface area (Å²) < 4.78 is 5.33. The van der Waals surface area contributed by atoms with Gasteiger partial charge >= 0.3 is 0 Å². The van der Waals surface area contributed by atoms with E-state index in [1.807, 2.05) is 27.0 Å². The first-order chi connectivity index (χ1) is 16.9. The van der Waals surface area contributed by atoms with Gasteiger partial charge in [0.25, 0.3) is 0 Å². The molecule has 1 aromatic rings. The Hall–Kier alpha value is -1.59. The van der Waals surface area contributed by atoms with Crippen molar-refractivity contribution in [2.45, 2.75) is 128 Å². The highest BCUT2D eigenvalue weighted by Crippen LogP contribution is 2.34. The fraction of sp³-hybridized carbons (Fsp3) is 0.774. The molecule has 5 nitrogen and oxygen atoms in total. The van der Waals surface area contributed by atoms with Gasteiger partial charge in [0.2, 0.25) is 0 Å². The number of hydrogen-bond acceptors (Lipinski definition) is 5. The maximum absolute atomic E-state index is 9.51. The van der Waals surface area contributed by atoms with Gasteiger partial charge in [-0.1, -0.05) is 87.7 Å². The number of aromatic nitrogens is 2. The van der Waals surface area contributed by atoms with Crippen molar-refractivity contribution in [2.24, 2.45) is 16.3 Å². The van der Waals surface area contributed by atoms with E-state index in [1.54, 1.807) is 7.11 Å². The van der Waals surface area contributed by atoms with Crippen LogP contribution in [-0.4, -0.2) is 47.2 Å². The molecule has 0 aliphatic carbocycles. The first kappa shape index (κ1) is 36.6. The van der Waals surface area contributed by atoms with Crippen molar-refractivity contribution in [3.63, 3.8) is 0 Å². The Balaban J connectivity index is 0. The molecule has 0 radical (unpaired) electrons. The largest absolute Gasteiger partial charge is 0.394 e. The highest BCUT2D eigenvalue weighted by atomic mass is 16.5. The Kier molecular flexibility index (Phi) is 20.8. The summed E-state index contributed by atoms with van der Waals surface area (Å²) in [7, 11) is 1.73. The Morgan fingerprint density at radius 3 is 2.14 bits per heavy atom. The van der Waals surface area contributed by atoms with E-state index in [2.05, 4.69) is 62.3 Å². The Labute approximate surface area is 224 Å². The van der Waals surface area contributed by atoms with Gasteiger partial charge < -0.3 is 9.84 Å². The third-order valence-electron chi connectivity index (χ3n) is 5.41. The van der Waals surface area contributed by atoms with Crippen molar-refractivity contribution in [3.8, 4) is 0 Å². The fourth-order valence-corrected chi connectivity index (χ4v) is 3.41. The van der Waals surface area contributed by atoms with E-state index in [1.165, 1.54) is 17.6 Å². The molecule has 210 valence electrons. The van der Waals surface area contributed by atoms with Gasteiger partial charge in [0.05, 0.1) is 42.6 Å². The summed E-state index contributed by atoms with van der Waals surface area (Å²) in [6, 6.07) is -0.00965. The average Bonchev–Trinajstić information content (AvgIpc) is 3.06. The number of aliphatic hydroxyl groups is 1. The van der Waals surface area contributed by atoms with Crippen molar-refractivity contribution in [2.75, 3.05) is 20.3 Å². The lowest BCUT2D eigenvalue weighted by atomic mass is 9.82. The first-order valence-corrected chi connectivity index (χ1v) is 14.1. The summed E-state index contributed by atoms with van der Waals surface area (Å²) in [5, 5.41) is 9.51. The molecule has 0 saturated carbocycles. The van der Waals surface area contributed by atoms with Gasteiger partial charge in [0.1, 0.15) is 5.69 Å². The minimum Gasteiger partial charge on any atom is -0.394 e. The van der Waals surface area contributed by atoms with Crippen LogP contribution in [0.3, 0.4) is 0 Å². The van der Waals surface area contributed by atoms with Gasteiger partial charge in [-0.25, -0.2) is 4.98 Å². The van der Waals surface area contributed by atoms with Crippen LogP contribution in [-0.2, 0) is 4.74 Å². The third kappa shape index (κ3) is 14.8. The van der Waals surface area contributed by atoms with E-state index in [0.29, 0.717) is 6.61 Å². The molecule has 0 bridgehead atoms. The number of aliphatic imine (C=N–C) groups is 1. The summed E-state index contributed by atoms with van der Waals surface area (Å²) in [5.74, 6) is 0.833. The van der Waals surface area contributed by atoms with Crippen LogP contribution in [0, 0.1) is 18.3 Å². The monoisotopic (exact) mass is 505 g/mol. The van der Waals surface area contributed by atoms with E-state index in [4.69, 9.17) is 19.7 Å². The molecular formula is C31H59N3O2. The molecule has 0 spiro atoms. The smallest absolute Gasteiger partial charge is 0.103 e. The molecule has 2 rings (SSSR count). The molecule has 1 aliphatic rings. The molecule has 1 aliphatic heterocycles. The lowest BCUT2D eigenvalue weighted by Crippen LogP contribution is -2.15. The normalized spacial score (nSPS) is 16.2. The average molecular weight is 506 g/mol. The fourth-order valence-electron chi connectivity index (χ4n) is 3.41. The van der Waals surface area contributed by atoms with Gasteiger partial charge in [-0.05, 0) is 56.4 Å². The molecule has 0 aromatic carbocycles. The summed E-state index contributed by atoms with van der Waals surface area (Å²) >= 11 is 0. The first-order valence-electron chi connectivity index (χ1n) is 14.1. The summed E-state index contributed by atoms with van der Waals surface area (Å²) in [6.45, 7) is 26.4. The molecule has 1 atom stereocenters. The van der Waals surface area contributed by atoms with Crippen LogP contribution in [0.4, 0.5) is 0 Å². The van der Waals surface area contributed by atoms with Crippen LogP contribution in [0.1, 0.15) is 132 Å². The maximum Gasteiger partial charge on any atom is 0.103 e. The Morgan fingerprint density at radius 1 is 1.14 bits per heavy atom. The summed E-state index contributed by atoms with van der Waals surface area (Å²) in [5.41, 5.74) is 6.30. The van der Waals surface area contributed by atoms with Crippen molar-refractivity contribution in [3.05, 3.63) is 28.9 Å². The Bertz CT molecular complexity index is 759. The van der Waals surface area contributed by atoms with Crippen LogP contribution >= 0.6 is 0 Å². The quantitative estimate of drug-likeness (QED) is 0.421. The van der Waals surface area contributed by atoms with E-state index >= 15 is 0 Å². The minimum atomic E-state index is -0.00965. The molecule has 2 heterocycles. The number of methoxy groups -OCH3 is 1. The summed E-state index contributed by atoms with van der Waals surface area (Å²) in [4.78, 5) is 14.4. The number of aryl methyl sites for hydroxylation is 1. The lowest BCUT2D eigenvalue weighted by molar-refractivity contribution is 0.205. The molecule has 0 amide bonds. The topological polar surface area (TPSA) is 67.6 Å². The van der Waals surface area contributed by atoms with Gasteiger partial charge in [-0.2, -0.15) is 0 Å². The number of nitrogens with zero attached hydrogens (tertiary/aromatic N) is 3. The van der Waals surface area contributed by atoms with E-state index < -0.39 is 0 Å². The molecule has 1 unspecified atom stereocenters. The number of allylic oxidation sites excluding steroid dienone is 1. The minimum absolute atomic E-state index is 0.00965. The van der Waals surface area contributed by atoms with Crippen LogP contribution in [0.2, 0.25) is 0 Å². The zero-order valence-corrected chi connectivity index (χ0v) is 26.1. The SMILES string of the molecule is CC.CC(C)C.CCC.COCC/C(=C(/C)C(C)(C)C)c1ncc(C2=NC(CO)CCCC2)nc1C. The van der Waals surface area contributed by atoms with E-state index in [9.17, 15) is 5.11 Å². The zero-order chi connectivity index (χ0) is 28.3. The summed E-state index contributed by atoms with van der Waals surface area (Å²) in [6.07, 6.45) is 7.94. The number of aliphatic hydroxyl groups excluding tert-OH is 1. The van der Waals surface area contributed by atoms with Gasteiger partial charge in [0, 0.05) is 7.11 Å². The Morgan fingerprint density at radius 2 is 1.69 bits per heavy atom. The second kappa shape index (κ2) is 20.5. The second-order valence-electron chi connectivity index (χ2n) is 10.9. The highest BCUT2D eigenvalue weighted by molar-refractivity contribution is 5.99. The standard InChI is InChI=1S/C22H35N3O2.C4H10.C3H8.C2H6/c1-15(22(3,4)5)18(11-12-27-6)21-16(2)24-20(13-23-21)19-10-8-7-9-17(14-26)25-19;1-4(2)3;1-3-2;1-2/h13,17,26H,7-12,14H2,1-6H3;4H,1-3H3;3H2,1-2H3;1-2H3/b18-15+;;;. The molecule has 36 heavy (non-hydrogen) atoms. The molecule has 5 heteroatoms. The third-order valence-corrected chi connectivity index (χ3v) is 5.41. The number of ether oxygens (including phenoxy) is 1. The van der Waals surface area contributed by atoms with Crippen LogP contribution in [0.5, 0.6) is 0 Å². The van der Waals surface area contributed by atoms with Crippen LogP contribution < -0.4 is 0 Å². The van der Waals surface area contributed by atoms with Crippen LogP contribution in [0.15, 0.2) is 16.8 Å². The molecule has 1 N–H and O–H groups in total. The lowest BCUT2D eigenvalue weighted by Gasteiger charge is -2.24. The van der Waals surface area contributed by atoms with Crippen molar-refractivity contribution in [1.29, 1.82) is 0 Å². The number of hydrogen-bond donors (Lipinski definition) is 1. The van der Waals surface area contributed by atoms with Gasteiger partial charge in [-0.15, -0.1) is 0 Å². The van der Waals surface area contributed by atoms with Crippen molar-refractivity contribution in [1.82, 2.24) is 9.97 Å². The van der Waals surface area contributed by atoms with Crippen molar-refractivity contribution < 1.29 is 9.84 Å². The number of rotatable bonds is 6. The maximum atomic E-state index is 9.51. The predicted octanol–water partition coefficient (Wildman–Crippen LogP) is 8.47. The van der Waals surface area contributed by atoms with Crippen molar-refractivity contribution >= 4 is 11.3 Å². The molecule has 0 saturated heterocycles. The predicted molar refractivity (Wildman–Crippen MR) is 159 cm³/mol. The van der Waals surface area contributed by atoms with E-state index in [0.717, 1.165) is 60.8 Å². The van der Waals surface area contributed by atoms with Crippen LogP contribution in [0.25, 0.3) is 5.57 Å².